The highest BCUT2D eigenvalue weighted by Gasteiger charge is 2.30. The first-order valence-electron chi connectivity index (χ1n) is 10.4. The van der Waals surface area contributed by atoms with Gasteiger partial charge in [-0.1, -0.05) is 18.2 Å². The largest absolute Gasteiger partial charge is 0.442 e. The minimum Gasteiger partial charge on any atom is -0.442 e. The Balaban J connectivity index is 1.42. The second-order valence-electron chi connectivity index (χ2n) is 7.62. The van der Waals surface area contributed by atoms with Gasteiger partial charge in [0.05, 0.1) is 24.2 Å². The zero-order chi connectivity index (χ0) is 20.5. The van der Waals surface area contributed by atoms with Gasteiger partial charge in [0.15, 0.2) is 0 Å². The molecule has 156 valence electrons. The van der Waals surface area contributed by atoms with E-state index in [-0.39, 0.29) is 5.91 Å². The molecule has 0 unspecified atom stereocenters. The van der Waals surface area contributed by atoms with Crippen molar-refractivity contribution >= 4 is 28.5 Å². The van der Waals surface area contributed by atoms with E-state index in [1.54, 1.807) is 0 Å². The van der Waals surface area contributed by atoms with E-state index in [4.69, 9.17) is 9.15 Å². The Labute approximate surface area is 175 Å². The molecule has 1 amide bonds. The number of aryl methyl sites for hydroxylation is 1. The van der Waals surface area contributed by atoms with Crippen molar-refractivity contribution in [2.45, 2.75) is 6.92 Å². The van der Waals surface area contributed by atoms with Gasteiger partial charge in [-0.2, -0.15) is 0 Å². The van der Waals surface area contributed by atoms with Crippen LogP contribution in [-0.2, 0) is 4.74 Å². The number of carbonyl (C=O) groups excluding carboxylic acids is 1. The summed E-state index contributed by atoms with van der Waals surface area (Å²) in [5.74, 6) is 1.34. The van der Waals surface area contributed by atoms with Gasteiger partial charge in [0.1, 0.15) is 17.9 Å². The molecule has 2 fully saturated rings. The minimum absolute atomic E-state index is 0.0109. The fraction of sp³-hybridized carbons (Fsp3) is 0.409. The van der Waals surface area contributed by atoms with Crippen LogP contribution in [0.5, 0.6) is 0 Å². The van der Waals surface area contributed by atoms with E-state index in [2.05, 4.69) is 31.9 Å². The molecule has 0 bridgehead atoms. The van der Waals surface area contributed by atoms with Crippen molar-refractivity contribution in [2.24, 2.45) is 0 Å². The number of ether oxygens (including phenoxy) is 1. The summed E-state index contributed by atoms with van der Waals surface area (Å²) in [4.78, 5) is 28.7. The third kappa shape index (κ3) is 3.37. The zero-order valence-electron chi connectivity index (χ0n) is 17.1. The summed E-state index contributed by atoms with van der Waals surface area (Å²) in [6.07, 6.45) is 1.50. The van der Waals surface area contributed by atoms with Gasteiger partial charge in [-0.25, -0.2) is 9.97 Å². The second-order valence-corrected chi connectivity index (χ2v) is 7.62. The molecule has 4 heterocycles. The topological polar surface area (TPSA) is 74.9 Å². The monoisotopic (exact) mass is 407 g/mol. The van der Waals surface area contributed by atoms with Gasteiger partial charge >= 0.3 is 0 Å². The number of anilines is 2. The Kier molecular flexibility index (Phi) is 5.00. The maximum absolute atomic E-state index is 13.5. The van der Waals surface area contributed by atoms with Gasteiger partial charge < -0.3 is 23.9 Å². The van der Waals surface area contributed by atoms with Crippen molar-refractivity contribution < 1.29 is 13.9 Å². The van der Waals surface area contributed by atoms with Gasteiger partial charge in [-0.05, 0) is 19.1 Å². The van der Waals surface area contributed by atoms with E-state index < -0.39 is 0 Å². The molecule has 0 N–H and O–H groups in total. The van der Waals surface area contributed by atoms with Crippen LogP contribution in [-0.4, -0.2) is 73.3 Å². The molecule has 2 aliphatic heterocycles. The summed E-state index contributed by atoms with van der Waals surface area (Å²) in [5.41, 5.74) is 2.24. The smallest absolute Gasteiger partial charge is 0.258 e. The van der Waals surface area contributed by atoms with E-state index in [0.717, 1.165) is 32.0 Å². The molecular formula is C22H25N5O3. The zero-order valence-corrected chi connectivity index (χ0v) is 17.1. The second kappa shape index (κ2) is 7.95. The molecule has 1 aromatic carbocycles. The molecule has 0 saturated carbocycles. The minimum atomic E-state index is -0.0109. The number of nitrogens with zero attached hydrogens (tertiary/aromatic N) is 5. The number of aromatic nitrogens is 2. The Bertz CT molecular complexity index is 1040. The number of para-hydroxylation sites is 1. The standard InChI is InChI=1S/C22H25N5O3/c1-16-18(19-20(23-15-24-21(19)30-16)26-11-13-29-14-12-26)22(28)27-9-7-25(8-10-27)17-5-3-2-4-6-17/h2-6,15H,7-14H2,1H3. The molecule has 2 aromatic heterocycles. The van der Waals surface area contributed by atoms with Gasteiger partial charge in [0.25, 0.3) is 5.91 Å². The Hall–Kier alpha value is -3.13. The first kappa shape index (κ1) is 18.9. The number of amides is 1. The lowest BCUT2D eigenvalue weighted by molar-refractivity contribution is 0.0746. The Morgan fingerprint density at radius 1 is 0.933 bits per heavy atom. The van der Waals surface area contributed by atoms with E-state index in [1.165, 1.54) is 12.0 Å². The first-order chi connectivity index (χ1) is 14.7. The summed E-state index contributed by atoms with van der Waals surface area (Å²) in [6.45, 7) is 7.54. The van der Waals surface area contributed by atoms with Crippen LogP contribution in [0.3, 0.4) is 0 Å². The number of piperazine rings is 1. The summed E-state index contributed by atoms with van der Waals surface area (Å²) >= 11 is 0. The van der Waals surface area contributed by atoms with E-state index in [1.807, 2.05) is 30.0 Å². The van der Waals surface area contributed by atoms with E-state index in [0.29, 0.717) is 48.7 Å². The molecule has 0 spiro atoms. The highest BCUT2D eigenvalue weighted by atomic mass is 16.5. The van der Waals surface area contributed by atoms with Crippen LogP contribution in [0.1, 0.15) is 16.1 Å². The molecule has 5 rings (SSSR count). The van der Waals surface area contributed by atoms with Crippen LogP contribution >= 0.6 is 0 Å². The van der Waals surface area contributed by atoms with Crippen molar-refractivity contribution in [1.82, 2.24) is 14.9 Å². The van der Waals surface area contributed by atoms with Crippen LogP contribution in [0.15, 0.2) is 41.1 Å². The number of hydrogen-bond donors (Lipinski definition) is 0. The molecule has 8 heteroatoms. The molecule has 0 aliphatic carbocycles. The molecule has 0 radical (unpaired) electrons. The number of rotatable bonds is 3. The van der Waals surface area contributed by atoms with Gasteiger partial charge in [0, 0.05) is 45.0 Å². The Morgan fingerprint density at radius 3 is 2.40 bits per heavy atom. The van der Waals surface area contributed by atoms with Crippen LogP contribution < -0.4 is 9.80 Å². The maximum Gasteiger partial charge on any atom is 0.258 e. The number of hydrogen-bond acceptors (Lipinski definition) is 7. The van der Waals surface area contributed by atoms with E-state index >= 15 is 0 Å². The number of benzene rings is 1. The first-order valence-corrected chi connectivity index (χ1v) is 10.4. The van der Waals surface area contributed by atoms with Crippen molar-refractivity contribution in [1.29, 1.82) is 0 Å². The predicted octanol–water partition coefficient (Wildman–Crippen LogP) is 2.33. The Morgan fingerprint density at radius 2 is 1.67 bits per heavy atom. The molecular weight excluding hydrogens is 382 g/mol. The lowest BCUT2D eigenvalue weighted by atomic mass is 10.1. The fourth-order valence-electron chi connectivity index (χ4n) is 4.27. The maximum atomic E-state index is 13.5. The van der Waals surface area contributed by atoms with Crippen LogP contribution in [0, 0.1) is 6.92 Å². The quantitative estimate of drug-likeness (QED) is 0.660. The SMILES string of the molecule is Cc1oc2ncnc(N3CCOCC3)c2c1C(=O)N1CCN(c2ccccc2)CC1. The number of furan rings is 1. The highest BCUT2D eigenvalue weighted by Crippen LogP contribution is 2.32. The van der Waals surface area contributed by atoms with Gasteiger partial charge in [-0.15, -0.1) is 0 Å². The highest BCUT2D eigenvalue weighted by molar-refractivity contribution is 6.10. The molecule has 30 heavy (non-hydrogen) atoms. The average Bonchev–Trinajstić information content (AvgIpc) is 3.15. The third-order valence-electron chi connectivity index (χ3n) is 5.86. The molecule has 2 saturated heterocycles. The number of morpholine rings is 1. The van der Waals surface area contributed by atoms with Crippen molar-refractivity contribution in [3.63, 3.8) is 0 Å². The van der Waals surface area contributed by atoms with Crippen LogP contribution in [0.2, 0.25) is 0 Å². The number of fused-ring (bicyclic) bond motifs is 1. The lowest BCUT2D eigenvalue weighted by Gasteiger charge is -2.36. The third-order valence-corrected chi connectivity index (χ3v) is 5.86. The molecule has 2 aliphatic rings. The average molecular weight is 407 g/mol. The fourth-order valence-corrected chi connectivity index (χ4v) is 4.27. The molecule has 0 atom stereocenters. The van der Waals surface area contributed by atoms with Crippen LogP contribution in [0.25, 0.3) is 11.1 Å². The van der Waals surface area contributed by atoms with Gasteiger partial charge in [-0.3, -0.25) is 4.79 Å². The predicted molar refractivity (Wildman–Crippen MR) is 114 cm³/mol. The molecule has 8 nitrogen and oxygen atoms in total. The summed E-state index contributed by atoms with van der Waals surface area (Å²) in [5, 5.41) is 0.715. The van der Waals surface area contributed by atoms with Crippen molar-refractivity contribution in [2.75, 3.05) is 62.3 Å². The number of carbonyl (C=O) groups is 1. The van der Waals surface area contributed by atoms with Crippen LogP contribution in [0.4, 0.5) is 11.5 Å². The molecule has 3 aromatic rings. The van der Waals surface area contributed by atoms with Crippen molar-refractivity contribution in [3.05, 3.63) is 48.0 Å². The van der Waals surface area contributed by atoms with Gasteiger partial charge in [0.2, 0.25) is 5.71 Å². The summed E-state index contributed by atoms with van der Waals surface area (Å²) < 4.78 is 11.3. The van der Waals surface area contributed by atoms with E-state index in [9.17, 15) is 4.79 Å². The van der Waals surface area contributed by atoms with Crippen molar-refractivity contribution in [3.8, 4) is 0 Å². The summed E-state index contributed by atoms with van der Waals surface area (Å²) in [6, 6.07) is 10.3. The summed E-state index contributed by atoms with van der Waals surface area (Å²) in [7, 11) is 0. The normalized spacial score (nSPS) is 17.6. The lowest BCUT2D eigenvalue weighted by Crippen LogP contribution is -2.49.